The van der Waals surface area contributed by atoms with Crippen LogP contribution in [-0.4, -0.2) is 93.4 Å². The predicted molar refractivity (Wildman–Crippen MR) is 222 cm³/mol. The number of methoxy groups -OCH3 is 2. The van der Waals surface area contributed by atoms with Gasteiger partial charge in [0.1, 0.15) is 24.4 Å². The first-order valence-electron chi connectivity index (χ1n) is 22.4. The highest BCUT2D eigenvalue weighted by atomic mass is 16.8. The first kappa shape index (κ1) is 45.1. The third kappa shape index (κ3) is 10.5. The summed E-state index contributed by atoms with van der Waals surface area (Å²) in [4.78, 5) is 27.0. The number of esters is 2. The first-order chi connectivity index (χ1) is 29.7. The molecule has 14 nitrogen and oxygen atoms in total. The Kier molecular flexibility index (Phi) is 15.9. The lowest BCUT2D eigenvalue weighted by atomic mass is 9.66. The molecule has 5 aliphatic rings. The molecule has 2 aromatic carbocycles. The molecule has 7 rings (SSSR count). The minimum Gasteiger partial charge on any atom is -0.493 e. The number of aliphatic hydroxyl groups is 2. The highest BCUT2D eigenvalue weighted by Crippen LogP contribution is 2.57. The summed E-state index contributed by atoms with van der Waals surface area (Å²) >= 11 is 0. The van der Waals surface area contributed by atoms with Gasteiger partial charge in [-0.15, -0.1) is 0 Å². The van der Waals surface area contributed by atoms with E-state index in [9.17, 15) is 19.8 Å². The molecule has 61 heavy (non-hydrogen) atoms. The van der Waals surface area contributed by atoms with Gasteiger partial charge in [0.15, 0.2) is 35.6 Å². The number of carbonyl (C=O) groups excluding carboxylic acids is 2. The number of aliphatic hydroxyl groups excluding tert-OH is 2. The maximum Gasteiger partial charge on any atom is 0.311 e. The van der Waals surface area contributed by atoms with Gasteiger partial charge in [0.05, 0.1) is 39.5 Å². The largest absolute Gasteiger partial charge is 0.493 e. The summed E-state index contributed by atoms with van der Waals surface area (Å²) in [6.07, 6.45) is 13.1. The molecule has 0 aromatic heterocycles. The first-order valence-corrected chi connectivity index (χ1v) is 22.4. The molecule has 3 saturated heterocycles. The van der Waals surface area contributed by atoms with Crippen molar-refractivity contribution in [2.75, 3.05) is 34.2 Å². The van der Waals surface area contributed by atoms with Crippen LogP contribution in [0.1, 0.15) is 132 Å². The molecule has 2 unspecified atom stereocenters. The molecule has 10 atom stereocenters. The van der Waals surface area contributed by atoms with Crippen LogP contribution < -0.4 is 23.7 Å². The standard InChI is InChI=1S/C47H64O14/c1-5-6-7-8-9-10-11-12-13-14-15-16-17-18-19-20-38(48)60-44-35(52-3)21-29(22-36(44)53-4)39-30-23-33-34(57-27-56-33)24-31(30)43(32-25-55-46(51)40(32)39)61-47-42(50)41(49)45-37(59-47)26-54-28(2)58-45/h12-13,21-24,28,32,37,39-43,45,47,49-50H,5-11,14-20,25-27H2,1-4H3/b13-12-/t28-,32+,37?,39-,40+,41-,42-,43-,45?,47+/m1/s1. The summed E-state index contributed by atoms with van der Waals surface area (Å²) in [6.45, 7) is 4.14. The van der Waals surface area contributed by atoms with E-state index < -0.39 is 66.8 Å². The predicted octanol–water partition coefficient (Wildman–Crippen LogP) is 7.58. The van der Waals surface area contributed by atoms with Gasteiger partial charge in [-0.25, -0.2) is 0 Å². The number of rotatable bonds is 21. The van der Waals surface area contributed by atoms with Crippen LogP contribution in [0.2, 0.25) is 0 Å². The van der Waals surface area contributed by atoms with E-state index in [0.29, 0.717) is 34.6 Å². The van der Waals surface area contributed by atoms with Crippen molar-refractivity contribution in [1.82, 2.24) is 0 Å². The number of benzene rings is 2. The minimum absolute atomic E-state index is 0.0140. The zero-order valence-corrected chi connectivity index (χ0v) is 36.1. The fourth-order valence-electron chi connectivity index (χ4n) is 9.33. The van der Waals surface area contributed by atoms with Gasteiger partial charge in [0.25, 0.3) is 0 Å². The SMILES string of the molecule is CCCCCCCC/C=C\CCCCCCCC(=O)Oc1c(OC)cc([C@@H]2c3cc4c(cc3[C@@H](O[C@@H]3OC5CO[C@@H](C)OC5[C@H](O)[C@H]3O)[C@H]3COC(=O)[C@H]23)OCO4)cc1OC. The van der Waals surface area contributed by atoms with Gasteiger partial charge in [-0.2, -0.15) is 0 Å². The highest BCUT2D eigenvalue weighted by Gasteiger charge is 2.56. The molecule has 0 saturated carbocycles. The van der Waals surface area contributed by atoms with Crippen molar-refractivity contribution >= 4 is 11.9 Å². The second kappa shape index (κ2) is 21.4. The fraction of sp³-hybridized carbons (Fsp3) is 0.660. The lowest BCUT2D eigenvalue weighted by Gasteiger charge is -2.47. The van der Waals surface area contributed by atoms with Gasteiger partial charge >= 0.3 is 11.9 Å². The monoisotopic (exact) mass is 852 g/mol. The molecule has 1 aliphatic carbocycles. The van der Waals surface area contributed by atoms with Crippen LogP contribution in [0, 0.1) is 11.8 Å². The van der Waals surface area contributed by atoms with Crippen molar-refractivity contribution in [3.05, 3.63) is 53.1 Å². The highest BCUT2D eigenvalue weighted by molar-refractivity contribution is 5.79. The molecule has 14 heteroatoms. The van der Waals surface area contributed by atoms with Gasteiger partial charge < -0.3 is 57.6 Å². The molecule has 0 spiro atoms. The molecule has 3 fully saturated rings. The van der Waals surface area contributed by atoms with Crippen molar-refractivity contribution < 1.29 is 67.2 Å². The van der Waals surface area contributed by atoms with Crippen molar-refractivity contribution in [2.24, 2.45) is 11.8 Å². The molecular formula is C47H64O14. The van der Waals surface area contributed by atoms with Crippen molar-refractivity contribution in [3.63, 3.8) is 0 Å². The Morgan fingerprint density at radius 2 is 1.43 bits per heavy atom. The van der Waals surface area contributed by atoms with E-state index in [0.717, 1.165) is 32.1 Å². The van der Waals surface area contributed by atoms with Crippen LogP contribution in [0.5, 0.6) is 28.7 Å². The van der Waals surface area contributed by atoms with Crippen molar-refractivity contribution in [1.29, 1.82) is 0 Å². The molecule has 0 bridgehead atoms. The summed E-state index contributed by atoms with van der Waals surface area (Å²) in [5.74, 6) is -1.06. The Bertz CT molecular complexity index is 1790. The number of fused-ring (bicyclic) bond motifs is 4. The number of cyclic esters (lactones) is 1. The number of hydrogen-bond donors (Lipinski definition) is 2. The van der Waals surface area contributed by atoms with Gasteiger partial charge in [0, 0.05) is 18.3 Å². The number of unbranched alkanes of at least 4 members (excludes halogenated alkanes) is 11. The molecule has 0 amide bonds. The van der Waals surface area contributed by atoms with Crippen LogP contribution in [0.4, 0.5) is 0 Å². The smallest absolute Gasteiger partial charge is 0.311 e. The quantitative estimate of drug-likeness (QED) is 0.0546. The molecule has 2 N–H and O–H groups in total. The van der Waals surface area contributed by atoms with E-state index in [1.807, 2.05) is 12.1 Å². The zero-order valence-electron chi connectivity index (χ0n) is 36.1. The normalized spacial score (nSPS) is 28.9. The summed E-state index contributed by atoms with van der Waals surface area (Å²) in [6, 6.07) is 7.15. The number of carbonyl (C=O) groups is 2. The van der Waals surface area contributed by atoms with Crippen molar-refractivity contribution in [3.8, 4) is 28.7 Å². The Balaban J connectivity index is 1.02. The molecule has 336 valence electrons. The van der Waals surface area contributed by atoms with Crippen LogP contribution >= 0.6 is 0 Å². The van der Waals surface area contributed by atoms with Crippen LogP contribution in [0.25, 0.3) is 0 Å². The van der Waals surface area contributed by atoms with Gasteiger partial charge in [-0.1, -0.05) is 70.4 Å². The maximum atomic E-state index is 13.8. The Morgan fingerprint density at radius 1 is 0.787 bits per heavy atom. The summed E-state index contributed by atoms with van der Waals surface area (Å²) < 4.78 is 58.9. The van der Waals surface area contributed by atoms with E-state index in [2.05, 4.69) is 19.1 Å². The second-order valence-electron chi connectivity index (χ2n) is 16.8. The van der Waals surface area contributed by atoms with Gasteiger partial charge in [0.2, 0.25) is 12.5 Å². The fourth-order valence-corrected chi connectivity index (χ4v) is 9.33. The van der Waals surface area contributed by atoms with E-state index >= 15 is 0 Å². The molecular weight excluding hydrogens is 789 g/mol. The van der Waals surface area contributed by atoms with E-state index in [4.69, 9.17) is 47.4 Å². The second-order valence-corrected chi connectivity index (χ2v) is 16.8. The van der Waals surface area contributed by atoms with Gasteiger partial charge in [-0.3, -0.25) is 9.59 Å². The number of allylic oxidation sites excluding steroid dienone is 2. The van der Waals surface area contributed by atoms with E-state index in [-0.39, 0.29) is 49.6 Å². The molecule has 2 aromatic rings. The average Bonchev–Trinajstić information content (AvgIpc) is 3.89. The van der Waals surface area contributed by atoms with E-state index in [1.54, 1.807) is 19.1 Å². The Labute approximate surface area is 359 Å². The Morgan fingerprint density at radius 3 is 2.10 bits per heavy atom. The van der Waals surface area contributed by atoms with Crippen LogP contribution in [-0.2, 0) is 33.3 Å². The molecule has 0 radical (unpaired) electrons. The number of ether oxygens (including phenoxy) is 10. The maximum absolute atomic E-state index is 13.8. The summed E-state index contributed by atoms with van der Waals surface area (Å²) in [5, 5.41) is 22.3. The van der Waals surface area contributed by atoms with Gasteiger partial charge in [-0.05, 0) is 80.0 Å². The minimum atomic E-state index is -1.46. The third-order valence-electron chi connectivity index (χ3n) is 12.6. The number of hydrogen-bond acceptors (Lipinski definition) is 14. The lowest BCUT2D eigenvalue weighted by molar-refractivity contribution is -0.364. The van der Waals surface area contributed by atoms with Crippen molar-refractivity contribution in [2.45, 2.75) is 153 Å². The summed E-state index contributed by atoms with van der Waals surface area (Å²) in [5.41, 5.74) is 2.00. The topological polar surface area (TPSA) is 167 Å². The Hall–Kier alpha value is -3.92. The lowest BCUT2D eigenvalue weighted by Crippen LogP contribution is -2.63. The molecule has 4 aliphatic heterocycles. The zero-order chi connectivity index (χ0) is 42.9. The summed E-state index contributed by atoms with van der Waals surface area (Å²) in [7, 11) is 2.97. The molecule has 4 heterocycles. The third-order valence-corrected chi connectivity index (χ3v) is 12.6. The van der Waals surface area contributed by atoms with E-state index in [1.165, 1.54) is 59.2 Å². The average molecular weight is 853 g/mol. The van der Waals surface area contributed by atoms with Crippen LogP contribution in [0.15, 0.2) is 36.4 Å². The van der Waals surface area contributed by atoms with Crippen LogP contribution in [0.3, 0.4) is 0 Å².